The molecule has 0 aliphatic carbocycles. The number of alkyl halides is 3. The maximum atomic E-state index is 12.9. The van der Waals surface area contributed by atoms with E-state index in [2.05, 4.69) is 15.3 Å². The second kappa shape index (κ2) is 7.21. The van der Waals surface area contributed by atoms with Crippen molar-refractivity contribution in [1.29, 1.82) is 0 Å². The number of nitrogens with one attached hydrogen (secondary N) is 1. The number of hydrogen-bond donors (Lipinski definition) is 1. The summed E-state index contributed by atoms with van der Waals surface area (Å²) >= 11 is 6.01. The lowest BCUT2D eigenvalue weighted by Crippen LogP contribution is -2.13. The molecule has 0 radical (unpaired) electrons. The van der Waals surface area contributed by atoms with Crippen molar-refractivity contribution in [2.45, 2.75) is 6.18 Å². The van der Waals surface area contributed by atoms with Crippen molar-refractivity contribution in [2.75, 3.05) is 17.3 Å². The smallest absolute Gasteiger partial charge is 0.339 e. The predicted octanol–water partition coefficient (Wildman–Crippen LogP) is 5.66. The van der Waals surface area contributed by atoms with E-state index in [0.29, 0.717) is 11.8 Å². The van der Waals surface area contributed by atoms with E-state index in [9.17, 15) is 13.2 Å². The minimum absolute atomic E-state index is 0.119. The lowest BCUT2D eigenvalue weighted by atomic mass is 10.2. The average molecular weight is 379 g/mol. The first-order valence-electron chi connectivity index (χ1n) is 7.60. The van der Waals surface area contributed by atoms with Crippen LogP contribution in [0.3, 0.4) is 0 Å². The monoisotopic (exact) mass is 378 g/mol. The van der Waals surface area contributed by atoms with Crippen molar-refractivity contribution in [1.82, 2.24) is 9.97 Å². The molecule has 0 atom stereocenters. The highest BCUT2D eigenvalue weighted by Gasteiger charge is 2.31. The van der Waals surface area contributed by atoms with E-state index >= 15 is 0 Å². The van der Waals surface area contributed by atoms with Crippen LogP contribution < -0.4 is 10.2 Å². The van der Waals surface area contributed by atoms with Crippen LogP contribution in [0.5, 0.6) is 0 Å². The lowest BCUT2D eigenvalue weighted by Gasteiger charge is -2.18. The standard InChI is InChI=1S/C18H14ClF3N4/c1-26(13-5-3-2-4-6-13)17-23-10-9-16(25-17)24-15-11-12(18(20,21)22)7-8-14(15)19/h2-11H,1H3,(H,23,24,25). The number of hydrogen-bond acceptors (Lipinski definition) is 4. The average Bonchev–Trinajstić information content (AvgIpc) is 2.63. The highest BCUT2D eigenvalue weighted by atomic mass is 35.5. The van der Waals surface area contributed by atoms with Crippen LogP contribution in [0.1, 0.15) is 5.56 Å². The summed E-state index contributed by atoms with van der Waals surface area (Å²) < 4.78 is 38.7. The molecule has 0 saturated carbocycles. The van der Waals surface area contributed by atoms with Crippen LogP contribution in [0.25, 0.3) is 0 Å². The van der Waals surface area contributed by atoms with Crippen LogP contribution in [0.2, 0.25) is 5.02 Å². The summed E-state index contributed by atoms with van der Waals surface area (Å²) in [4.78, 5) is 10.3. The van der Waals surface area contributed by atoms with E-state index in [1.165, 1.54) is 12.3 Å². The first-order valence-corrected chi connectivity index (χ1v) is 7.98. The topological polar surface area (TPSA) is 41.1 Å². The third kappa shape index (κ3) is 4.05. The zero-order valence-electron chi connectivity index (χ0n) is 13.6. The van der Waals surface area contributed by atoms with Crippen LogP contribution in [-0.2, 0) is 6.18 Å². The summed E-state index contributed by atoms with van der Waals surface area (Å²) in [7, 11) is 1.80. The molecule has 1 N–H and O–H groups in total. The molecule has 4 nitrogen and oxygen atoms in total. The summed E-state index contributed by atoms with van der Waals surface area (Å²) in [5, 5.41) is 2.98. The van der Waals surface area contributed by atoms with Gasteiger partial charge in [0.1, 0.15) is 5.82 Å². The highest BCUT2D eigenvalue weighted by Crippen LogP contribution is 2.35. The molecule has 0 fully saturated rings. The van der Waals surface area contributed by atoms with Gasteiger partial charge in [0.05, 0.1) is 16.3 Å². The van der Waals surface area contributed by atoms with Gasteiger partial charge in [0.25, 0.3) is 0 Å². The second-order valence-corrected chi connectivity index (χ2v) is 5.86. The normalized spacial score (nSPS) is 11.3. The van der Waals surface area contributed by atoms with Gasteiger partial charge in [0.2, 0.25) is 5.95 Å². The van der Waals surface area contributed by atoms with Gasteiger partial charge in [-0.3, -0.25) is 0 Å². The summed E-state index contributed by atoms with van der Waals surface area (Å²) in [5.74, 6) is 0.725. The molecule has 0 bridgehead atoms. The Balaban J connectivity index is 1.88. The molecule has 8 heteroatoms. The van der Waals surface area contributed by atoms with E-state index in [1.54, 1.807) is 18.0 Å². The number of rotatable bonds is 4. The molecule has 2 aromatic carbocycles. The fraction of sp³-hybridized carbons (Fsp3) is 0.111. The Morgan fingerprint density at radius 3 is 2.46 bits per heavy atom. The molecule has 26 heavy (non-hydrogen) atoms. The molecule has 0 amide bonds. The minimum Gasteiger partial charge on any atom is -0.339 e. The van der Waals surface area contributed by atoms with Gasteiger partial charge in [-0.2, -0.15) is 18.2 Å². The number of para-hydroxylation sites is 1. The highest BCUT2D eigenvalue weighted by molar-refractivity contribution is 6.33. The Morgan fingerprint density at radius 1 is 1.04 bits per heavy atom. The van der Waals surface area contributed by atoms with E-state index in [1.807, 2.05) is 30.3 Å². The molecule has 0 spiro atoms. The van der Waals surface area contributed by atoms with Crippen molar-refractivity contribution in [3.05, 3.63) is 71.4 Å². The van der Waals surface area contributed by atoms with Crippen molar-refractivity contribution in [3.8, 4) is 0 Å². The molecular formula is C18H14ClF3N4. The Kier molecular flexibility index (Phi) is 4.99. The molecule has 3 aromatic rings. The Bertz CT molecular complexity index is 900. The van der Waals surface area contributed by atoms with Gasteiger partial charge in [-0.1, -0.05) is 29.8 Å². The summed E-state index contributed by atoms with van der Waals surface area (Å²) in [6.45, 7) is 0. The number of nitrogens with zero attached hydrogens (tertiary/aromatic N) is 3. The van der Waals surface area contributed by atoms with E-state index in [4.69, 9.17) is 11.6 Å². The maximum absolute atomic E-state index is 12.9. The summed E-state index contributed by atoms with van der Waals surface area (Å²) in [6.07, 6.45) is -2.93. The predicted molar refractivity (Wildman–Crippen MR) is 96.3 cm³/mol. The van der Waals surface area contributed by atoms with Gasteiger partial charge < -0.3 is 10.2 Å². The fourth-order valence-electron chi connectivity index (χ4n) is 2.28. The molecule has 0 aliphatic heterocycles. The van der Waals surface area contributed by atoms with Crippen LogP contribution in [0.15, 0.2) is 60.8 Å². The summed E-state index contributed by atoms with van der Waals surface area (Å²) in [5.41, 5.74) is 0.204. The lowest BCUT2D eigenvalue weighted by molar-refractivity contribution is -0.137. The van der Waals surface area contributed by atoms with Crippen LogP contribution in [0.4, 0.5) is 36.3 Å². The summed E-state index contributed by atoms with van der Waals surface area (Å²) in [6, 6.07) is 14.1. The van der Waals surface area contributed by atoms with Crippen LogP contribution >= 0.6 is 11.6 Å². The SMILES string of the molecule is CN(c1ccccc1)c1nccc(Nc2cc(C(F)(F)F)ccc2Cl)n1. The molecule has 0 aliphatic rings. The van der Waals surface area contributed by atoms with Gasteiger partial charge in [0, 0.05) is 18.9 Å². The molecule has 0 saturated heterocycles. The van der Waals surface area contributed by atoms with Gasteiger partial charge in [0.15, 0.2) is 0 Å². The number of anilines is 4. The largest absolute Gasteiger partial charge is 0.416 e. The van der Waals surface area contributed by atoms with Crippen molar-refractivity contribution >= 4 is 34.7 Å². The van der Waals surface area contributed by atoms with Gasteiger partial charge >= 0.3 is 6.18 Å². The zero-order valence-corrected chi connectivity index (χ0v) is 14.4. The molecule has 1 heterocycles. The van der Waals surface area contributed by atoms with Crippen LogP contribution in [0, 0.1) is 0 Å². The molecule has 134 valence electrons. The maximum Gasteiger partial charge on any atom is 0.416 e. The van der Waals surface area contributed by atoms with Gasteiger partial charge in [-0.05, 0) is 36.4 Å². The van der Waals surface area contributed by atoms with Crippen molar-refractivity contribution < 1.29 is 13.2 Å². The Hall–Kier alpha value is -2.80. The zero-order chi connectivity index (χ0) is 18.7. The van der Waals surface area contributed by atoms with E-state index in [0.717, 1.165) is 17.8 Å². The fourth-order valence-corrected chi connectivity index (χ4v) is 2.45. The minimum atomic E-state index is -4.45. The molecule has 0 unspecified atom stereocenters. The van der Waals surface area contributed by atoms with Gasteiger partial charge in [-0.25, -0.2) is 4.98 Å². The first kappa shape index (κ1) is 18.0. The number of halogens is 4. The quantitative estimate of drug-likeness (QED) is 0.636. The molecular weight excluding hydrogens is 365 g/mol. The molecule has 3 rings (SSSR count). The van der Waals surface area contributed by atoms with Gasteiger partial charge in [-0.15, -0.1) is 0 Å². The van der Waals surface area contributed by atoms with E-state index in [-0.39, 0.29) is 10.7 Å². The second-order valence-electron chi connectivity index (χ2n) is 5.45. The molecule has 1 aromatic heterocycles. The van der Waals surface area contributed by atoms with Crippen LogP contribution in [-0.4, -0.2) is 17.0 Å². The van der Waals surface area contributed by atoms with Crippen molar-refractivity contribution in [2.24, 2.45) is 0 Å². The van der Waals surface area contributed by atoms with Crippen molar-refractivity contribution in [3.63, 3.8) is 0 Å². The first-order chi connectivity index (χ1) is 12.3. The third-order valence-corrected chi connectivity index (χ3v) is 3.97. The Morgan fingerprint density at radius 2 is 1.77 bits per heavy atom. The number of aromatic nitrogens is 2. The Labute approximate surface area is 153 Å². The van der Waals surface area contributed by atoms with E-state index < -0.39 is 11.7 Å². The number of benzene rings is 2. The third-order valence-electron chi connectivity index (χ3n) is 3.64.